The first-order valence-electron chi connectivity index (χ1n) is 5.59. The highest BCUT2D eigenvalue weighted by Gasteiger charge is 2.26. The predicted octanol–water partition coefficient (Wildman–Crippen LogP) is 2.76. The van der Waals surface area contributed by atoms with E-state index in [-0.39, 0.29) is 11.3 Å². The van der Waals surface area contributed by atoms with Crippen LogP contribution in [0.1, 0.15) is 27.9 Å². The first kappa shape index (κ1) is 11.5. The van der Waals surface area contributed by atoms with Crippen molar-refractivity contribution in [3.05, 3.63) is 34.9 Å². The van der Waals surface area contributed by atoms with Gasteiger partial charge in [-0.25, -0.2) is 0 Å². The molecule has 16 heavy (non-hydrogen) atoms. The fourth-order valence-corrected chi connectivity index (χ4v) is 2.32. The minimum Gasteiger partial charge on any atom is -0.337 e. The Bertz CT molecular complexity index is 416. The molecular formula is C13H16ClNO. The fraction of sp³-hybridized carbons (Fsp3) is 0.462. The van der Waals surface area contributed by atoms with Gasteiger partial charge < -0.3 is 4.90 Å². The molecule has 1 saturated heterocycles. The standard InChI is InChI=1S/C13H16ClNO/c1-9-4-3-5-12(10(9)2)13(16)15-7-6-11(14)8-15/h3-5,11H,6-8H2,1-2H3. The van der Waals surface area contributed by atoms with Crippen molar-refractivity contribution in [3.63, 3.8) is 0 Å². The van der Waals surface area contributed by atoms with Gasteiger partial charge in [-0.15, -0.1) is 11.6 Å². The number of halogens is 1. The fourth-order valence-electron chi connectivity index (χ4n) is 2.06. The third kappa shape index (κ3) is 2.07. The van der Waals surface area contributed by atoms with Crippen LogP contribution in [0.25, 0.3) is 0 Å². The van der Waals surface area contributed by atoms with Gasteiger partial charge in [0.1, 0.15) is 0 Å². The molecule has 3 heteroatoms. The molecule has 1 amide bonds. The number of alkyl halides is 1. The predicted molar refractivity (Wildman–Crippen MR) is 66.1 cm³/mol. The lowest BCUT2D eigenvalue weighted by Crippen LogP contribution is -2.29. The lowest BCUT2D eigenvalue weighted by Gasteiger charge is -2.17. The van der Waals surface area contributed by atoms with E-state index in [0.29, 0.717) is 6.54 Å². The maximum absolute atomic E-state index is 12.2. The molecule has 0 aromatic heterocycles. The summed E-state index contributed by atoms with van der Waals surface area (Å²) in [5, 5.41) is 0.120. The molecule has 2 nitrogen and oxygen atoms in total. The number of carbonyl (C=O) groups is 1. The Hall–Kier alpha value is -1.02. The number of likely N-dealkylation sites (tertiary alicyclic amines) is 1. The average Bonchev–Trinajstić information content (AvgIpc) is 2.68. The minimum atomic E-state index is 0.115. The smallest absolute Gasteiger partial charge is 0.254 e. The van der Waals surface area contributed by atoms with E-state index >= 15 is 0 Å². The van der Waals surface area contributed by atoms with E-state index in [9.17, 15) is 4.79 Å². The minimum absolute atomic E-state index is 0.115. The Morgan fingerprint density at radius 3 is 2.81 bits per heavy atom. The molecule has 0 N–H and O–H groups in total. The van der Waals surface area contributed by atoms with E-state index in [4.69, 9.17) is 11.6 Å². The molecule has 2 rings (SSSR count). The van der Waals surface area contributed by atoms with Crippen molar-refractivity contribution < 1.29 is 4.79 Å². The van der Waals surface area contributed by atoms with Crippen LogP contribution in [-0.2, 0) is 0 Å². The largest absolute Gasteiger partial charge is 0.337 e. The topological polar surface area (TPSA) is 20.3 Å². The lowest BCUT2D eigenvalue weighted by atomic mass is 10.0. The molecule has 1 atom stereocenters. The maximum atomic E-state index is 12.2. The number of rotatable bonds is 1. The van der Waals surface area contributed by atoms with Crippen LogP contribution in [0.3, 0.4) is 0 Å². The summed E-state index contributed by atoms with van der Waals surface area (Å²) in [6.45, 7) is 5.48. The van der Waals surface area contributed by atoms with Gasteiger partial charge in [0, 0.05) is 18.7 Å². The van der Waals surface area contributed by atoms with Crippen LogP contribution in [0.15, 0.2) is 18.2 Å². The van der Waals surface area contributed by atoms with E-state index in [1.807, 2.05) is 36.9 Å². The van der Waals surface area contributed by atoms with Gasteiger partial charge in [0.25, 0.3) is 5.91 Å². The molecule has 0 bridgehead atoms. The summed E-state index contributed by atoms with van der Waals surface area (Å²) >= 11 is 6.02. The van der Waals surface area contributed by atoms with Crippen LogP contribution < -0.4 is 0 Å². The second-order valence-corrected chi connectivity index (χ2v) is 5.00. The van der Waals surface area contributed by atoms with E-state index in [1.54, 1.807) is 0 Å². The Morgan fingerprint density at radius 2 is 2.19 bits per heavy atom. The Labute approximate surface area is 101 Å². The third-order valence-electron chi connectivity index (χ3n) is 3.25. The number of aryl methyl sites for hydroxylation is 1. The molecule has 1 aromatic rings. The molecule has 0 spiro atoms. The van der Waals surface area contributed by atoms with Crippen molar-refractivity contribution in [1.82, 2.24) is 4.90 Å². The number of amides is 1. The first-order valence-corrected chi connectivity index (χ1v) is 6.03. The highest BCUT2D eigenvalue weighted by molar-refractivity contribution is 6.21. The molecular weight excluding hydrogens is 222 g/mol. The zero-order valence-electron chi connectivity index (χ0n) is 9.66. The Kier molecular flexibility index (Phi) is 3.20. The first-order chi connectivity index (χ1) is 7.59. The van der Waals surface area contributed by atoms with Gasteiger partial charge >= 0.3 is 0 Å². The van der Waals surface area contributed by atoms with E-state index < -0.39 is 0 Å². The number of benzene rings is 1. The van der Waals surface area contributed by atoms with Gasteiger partial charge in [0.15, 0.2) is 0 Å². The SMILES string of the molecule is Cc1cccc(C(=O)N2CCC(Cl)C2)c1C. The van der Waals surface area contributed by atoms with Crippen molar-refractivity contribution in [2.75, 3.05) is 13.1 Å². The van der Waals surface area contributed by atoms with Crippen LogP contribution in [0.2, 0.25) is 0 Å². The third-order valence-corrected chi connectivity index (χ3v) is 3.61. The molecule has 86 valence electrons. The summed E-state index contributed by atoms with van der Waals surface area (Å²) < 4.78 is 0. The highest BCUT2D eigenvalue weighted by atomic mass is 35.5. The number of nitrogens with zero attached hydrogens (tertiary/aromatic N) is 1. The van der Waals surface area contributed by atoms with Gasteiger partial charge in [0.05, 0.1) is 5.38 Å². The van der Waals surface area contributed by atoms with Crippen LogP contribution in [0.4, 0.5) is 0 Å². The summed E-state index contributed by atoms with van der Waals surface area (Å²) in [7, 11) is 0. The lowest BCUT2D eigenvalue weighted by molar-refractivity contribution is 0.0792. The molecule has 0 radical (unpaired) electrons. The Morgan fingerprint density at radius 1 is 1.44 bits per heavy atom. The van der Waals surface area contributed by atoms with Crippen LogP contribution in [0, 0.1) is 13.8 Å². The van der Waals surface area contributed by atoms with Crippen LogP contribution >= 0.6 is 11.6 Å². The molecule has 1 aliphatic heterocycles. The number of carbonyl (C=O) groups excluding carboxylic acids is 1. The molecule has 1 aliphatic rings. The van der Waals surface area contributed by atoms with Gasteiger partial charge in [-0.3, -0.25) is 4.79 Å². The van der Waals surface area contributed by atoms with Gasteiger partial charge in [-0.1, -0.05) is 12.1 Å². The summed E-state index contributed by atoms with van der Waals surface area (Å²) in [6, 6.07) is 5.86. The van der Waals surface area contributed by atoms with Crippen LogP contribution in [-0.4, -0.2) is 29.3 Å². The number of hydrogen-bond donors (Lipinski definition) is 0. The van der Waals surface area contributed by atoms with E-state index in [0.717, 1.165) is 29.7 Å². The molecule has 1 fully saturated rings. The van der Waals surface area contributed by atoms with Crippen molar-refractivity contribution in [3.8, 4) is 0 Å². The van der Waals surface area contributed by atoms with Crippen molar-refractivity contribution in [2.24, 2.45) is 0 Å². The normalized spacial score (nSPS) is 20.2. The van der Waals surface area contributed by atoms with E-state index in [1.165, 1.54) is 0 Å². The van der Waals surface area contributed by atoms with Gasteiger partial charge in [-0.05, 0) is 37.5 Å². The Balaban J connectivity index is 2.24. The van der Waals surface area contributed by atoms with E-state index in [2.05, 4.69) is 0 Å². The summed E-state index contributed by atoms with van der Waals surface area (Å²) in [6.07, 6.45) is 0.901. The summed E-state index contributed by atoms with van der Waals surface area (Å²) in [5.41, 5.74) is 3.05. The summed E-state index contributed by atoms with van der Waals surface area (Å²) in [4.78, 5) is 14.1. The van der Waals surface area contributed by atoms with Crippen molar-refractivity contribution in [1.29, 1.82) is 0 Å². The van der Waals surface area contributed by atoms with Crippen molar-refractivity contribution >= 4 is 17.5 Å². The molecule has 0 saturated carbocycles. The quantitative estimate of drug-likeness (QED) is 0.688. The number of hydrogen-bond acceptors (Lipinski definition) is 1. The molecule has 1 heterocycles. The monoisotopic (exact) mass is 237 g/mol. The van der Waals surface area contributed by atoms with Gasteiger partial charge in [-0.2, -0.15) is 0 Å². The highest BCUT2D eigenvalue weighted by Crippen LogP contribution is 2.20. The molecule has 1 unspecified atom stereocenters. The molecule has 1 aromatic carbocycles. The second-order valence-electron chi connectivity index (χ2n) is 4.38. The second kappa shape index (κ2) is 4.46. The van der Waals surface area contributed by atoms with Crippen LogP contribution in [0.5, 0.6) is 0 Å². The maximum Gasteiger partial charge on any atom is 0.254 e. The zero-order chi connectivity index (χ0) is 11.7. The summed E-state index contributed by atoms with van der Waals surface area (Å²) in [5.74, 6) is 0.115. The molecule has 0 aliphatic carbocycles. The zero-order valence-corrected chi connectivity index (χ0v) is 10.4. The average molecular weight is 238 g/mol. The van der Waals surface area contributed by atoms with Crippen molar-refractivity contribution in [2.45, 2.75) is 25.6 Å². The van der Waals surface area contributed by atoms with Gasteiger partial charge in [0.2, 0.25) is 0 Å².